The van der Waals surface area contributed by atoms with Gasteiger partial charge in [0.25, 0.3) is 0 Å². The third-order valence-electron chi connectivity index (χ3n) is 5.34. The Balaban J connectivity index is 1.82. The summed E-state index contributed by atoms with van der Waals surface area (Å²) in [6.07, 6.45) is -4.10. The Morgan fingerprint density at radius 1 is 1.20 bits per heavy atom. The Bertz CT molecular complexity index is 945. The van der Waals surface area contributed by atoms with E-state index in [0.29, 0.717) is 32.2 Å². The molecule has 170 valence electrons. The minimum atomic E-state index is -4.68. The summed E-state index contributed by atoms with van der Waals surface area (Å²) in [6, 6.07) is 2.80. The summed E-state index contributed by atoms with van der Waals surface area (Å²) >= 11 is 0. The third kappa shape index (κ3) is 5.72. The highest BCUT2D eigenvalue weighted by molar-refractivity contribution is 7.92. The summed E-state index contributed by atoms with van der Waals surface area (Å²) in [7, 11) is -7.67. The quantitative estimate of drug-likeness (QED) is 0.602. The van der Waals surface area contributed by atoms with Gasteiger partial charge in [-0.15, -0.1) is 0 Å². The summed E-state index contributed by atoms with van der Waals surface area (Å²) in [5, 5.41) is 0. The van der Waals surface area contributed by atoms with E-state index in [-0.39, 0.29) is 24.5 Å². The second kappa shape index (κ2) is 9.11. The lowest BCUT2D eigenvalue weighted by atomic mass is 10.2. The molecule has 0 aromatic heterocycles. The van der Waals surface area contributed by atoms with Crippen LogP contribution in [0.15, 0.2) is 29.2 Å². The number of hydrogen-bond donors (Lipinski definition) is 0. The summed E-state index contributed by atoms with van der Waals surface area (Å²) < 4.78 is 95.8. The van der Waals surface area contributed by atoms with Crippen molar-refractivity contribution in [1.82, 2.24) is 9.21 Å². The molecule has 0 spiro atoms. The fourth-order valence-electron chi connectivity index (χ4n) is 3.74. The molecule has 7 nitrogen and oxygen atoms in total. The number of nitrogens with zero attached hydrogens (tertiary/aromatic N) is 2. The predicted octanol–water partition coefficient (Wildman–Crippen LogP) is 1.61. The lowest BCUT2D eigenvalue weighted by Gasteiger charge is -2.30. The maximum Gasteiger partial charge on any atom is 0.416 e. The zero-order valence-corrected chi connectivity index (χ0v) is 18.0. The van der Waals surface area contributed by atoms with E-state index >= 15 is 0 Å². The molecule has 0 aliphatic carbocycles. The fourth-order valence-corrected chi connectivity index (χ4v) is 7.31. The van der Waals surface area contributed by atoms with Crippen LogP contribution in [0, 0.1) is 0 Å². The predicted molar refractivity (Wildman–Crippen MR) is 104 cm³/mol. The molecule has 1 aromatic carbocycles. The van der Waals surface area contributed by atoms with Crippen LogP contribution in [0.2, 0.25) is 0 Å². The van der Waals surface area contributed by atoms with Crippen LogP contribution >= 0.6 is 0 Å². The number of halogens is 3. The molecule has 0 radical (unpaired) electrons. The molecule has 2 fully saturated rings. The first kappa shape index (κ1) is 23.5. The maximum atomic E-state index is 13.2. The van der Waals surface area contributed by atoms with Crippen LogP contribution in [0.5, 0.6) is 0 Å². The van der Waals surface area contributed by atoms with Gasteiger partial charge in [-0.1, -0.05) is 6.07 Å². The first-order valence-corrected chi connectivity index (χ1v) is 12.9. The number of morpholine rings is 1. The summed E-state index contributed by atoms with van der Waals surface area (Å²) in [4.78, 5) is 1.64. The summed E-state index contributed by atoms with van der Waals surface area (Å²) in [5.74, 6) is -0.446. The second-order valence-corrected chi connectivity index (χ2v) is 11.6. The second-order valence-electron chi connectivity index (χ2n) is 7.51. The number of ether oxygens (including phenoxy) is 1. The highest BCUT2D eigenvalue weighted by Crippen LogP contribution is 2.32. The van der Waals surface area contributed by atoms with E-state index in [2.05, 4.69) is 4.90 Å². The molecule has 2 aliphatic rings. The number of rotatable bonds is 7. The average Bonchev–Trinajstić information content (AvgIpc) is 3.04. The molecule has 2 saturated heterocycles. The van der Waals surface area contributed by atoms with Crippen molar-refractivity contribution in [3.05, 3.63) is 29.8 Å². The zero-order valence-electron chi connectivity index (χ0n) is 16.3. The van der Waals surface area contributed by atoms with Crippen molar-refractivity contribution in [3.63, 3.8) is 0 Å². The van der Waals surface area contributed by atoms with Gasteiger partial charge < -0.3 is 4.74 Å². The van der Waals surface area contributed by atoms with E-state index in [1.165, 1.54) is 0 Å². The highest BCUT2D eigenvalue weighted by atomic mass is 32.2. The number of sulfonamides is 1. The van der Waals surface area contributed by atoms with Gasteiger partial charge in [-0.25, -0.2) is 16.8 Å². The standard InChI is InChI=1S/C18H25F3N2O5S2/c19-18(20,21)15-3-1-4-17(13-15)30(26,27)23(16-5-12-29(24,25)14-16)7-2-6-22-8-10-28-11-9-22/h1,3-4,13,16H,2,5-12,14H2. The van der Waals surface area contributed by atoms with Gasteiger partial charge in [0.05, 0.1) is 35.2 Å². The molecule has 12 heteroatoms. The van der Waals surface area contributed by atoms with Crippen LogP contribution in [0.25, 0.3) is 0 Å². The molecule has 1 atom stereocenters. The minimum Gasteiger partial charge on any atom is -0.379 e. The van der Waals surface area contributed by atoms with Crippen molar-refractivity contribution in [2.75, 3.05) is 50.9 Å². The molecule has 1 unspecified atom stereocenters. The van der Waals surface area contributed by atoms with Crippen molar-refractivity contribution in [3.8, 4) is 0 Å². The van der Waals surface area contributed by atoms with Crippen LogP contribution in [-0.4, -0.2) is 83.0 Å². The van der Waals surface area contributed by atoms with E-state index in [0.717, 1.165) is 35.6 Å². The van der Waals surface area contributed by atoms with Gasteiger partial charge in [0.2, 0.25) is 10.0 Å². The topological polar surface area (TPSA) is 84.0 Å². The van der Waals surface area contributed by atoms with E-state index in [9.17, 15) is 30.0 Å². The van der Waals surface area contributed by atoms with Gasteiger partial charge in [0.1, 0.15) is 0 Å². The van der Waals surface area contributed by atoms with Gasteiger partial charge in [0, 0.05) is 25.7 Å². The smallest absolute Gasteiger partial charge is 0.379 e. The molecular weight excluding hydrogens is 445 g/mol. The number of benzene rings is 1. The van der Waals surface area contributed by atoms with Crippen LogP contribution in [0.1, 0.15) is 18.4 Å². The number of hydrogen-bond acceptors (Lipinski definition) is 6. The zero-order chi connectivity index (χ0) is 22.0. The van der Waals surface area contributed by atoms with Gasteiger partial charge in [-0.3, -0.25) is 4.90 Å². The van der Waals surface area contributed by atoms with Gasteiger partial charge in [-0.2, -0.15) is 17.5 Å². The van der Waals surface area contributed by atoms with E-state index in [4.69, 9.17) is 4.74 Å². The molecule has 0 N–H and O–H groups in total. The maximum absolute atomic E-state index is 13.2. The van der Waals surface area contributed by atoms with Crippen molar-refractivity contribution in [1.29, 1.82) is 0 Å². The molecule has 0 saturated carbocycles. The minimum absolute atomic E-state index is 0.0378. The first-order chi connectivity index (χ1) is 14.0. The molecular formula is C18H25F3N2O5S2. The van der Waals surface area contributed by atoms with Crippen molar-refractivity contribution >= 4 is 19.9 Å². The first-order valence-electron chi connectivity index (χ1n) is 9.69. The molecule has 0 amide bonds. The van der Waals surface area contributed by atoms with Crippen LogP contribution < -0.4 is 0 Å². The molecule has 2 heterocycles. The van der Waals surface area contributed by atoms with Gasteiger partial charge in [-0.05, 0) is 37.6 Å². The molecule has 0 bridgehead atoms. The van der Waals surface area contributed by atoms with Gasteiger partial charge in [0.15, 0.2) is 9.84 Å². The lowest BCUT2D eigenvalue weighted by molar-refractivity contribution is -0.137. The Labute approximate surface area is 174 Å². The van der Waals surface area contributed by atoms with Crippen LogP contribution in [0.4, 0.5) is 13.2 Å². The summed E-state index contributed by atoms with van der Waals surface area (Å²) in [6.45, 7) is 3.25. The van der Waals surface area contributed by atoms with Crippen molar-refractivity contribution in [2.45, 2.75) is 30.0 Å². The molecule has 3 rings (SSSR count). The number of alkyl halides is 3. The largest absolute Gasteiger partial charge is 0.416 e. The Hall–Kier alpha value is -1.21. The lowest BCUT2D eigenvalue weighted by Crippen LogP contribution is -2.43. The Morgan fingerprint density at radius 2 is 1.90 bits per heavy atom. The van der Waals surface area contributed by atoms with Crippen LogP contribution in [0.3, 0.4) is 0 Å². The molecule has 2 aliphatic heterocycles. The number of sulfone groups is 1. The van der Waals surface area contributed by atoms with E-state index in [1.54, 1.807) is 0 Å². The normalized spacial score (nSPS) is 23.1. The van der Waals surface area contributed by atoms with E-state index in [1.807, 2.05) is 0 Å². The Morgan fingerprint density at radius 3 is 2.50 bits per heavy atom. The summed E-state index contributed by atoms with van der Waals surface area (Å²) in [5.41, 5.74) is -1.06. The third-order valence-corrected chi connectivity index (χ3v) is 9.04. The van der Waals surface area contributed by atoms with Crippen molar-refractivity contribution < 1.29 is 34.7 Å². The monoisotopic (exact) mass is 470 g/mol. The Kier molecular flexibility index (Phi) is 7.12. The van der Waals surface area contributed by atoms with Gasteiger partial charge >= 0.3 is 6.18 Å². The molecule has 30 heavy (non-hydrogen) atoms. The molecule has 1 aromatic rings. The van der Waals surface area contributed by atoms with Crippen LogP contribution in [-0.2, 0) is 30.8 Å². The SMILES string of the molecule is O=S1(=O)CCC(N(CCCN2CCOCC2)S(=O)(=O)c2cccc(C(F)(F)F)c2)C1. The average molecular weight is 471 g/mol. The fraction of sp³-hybridized carbons (Fsp3) is 0.667. The van der Waals surface area contributed by atoms with Crippen molar-refractivity contribution in [2.24, 2.45) is 0 Å². The van der Waals surface area contributed by atoms with E-state index < -0.39 is 42.5 Å². The highest BCUT2D eigenvalue weighted by Gasteiger charge is 2.39.